The molecular weight excluding hydrogens is 320 g/mol. The van der Waals surface area contributed by atoms with E-state index in [4.69, 9.17) is 4.42 Å². The number of hydrogen-bond donors (Lipinski definition) is 1. The van der Waals surface area contributed by atoms with Gasteiger partial charge in [0.2, 0.25) is 0 Å². The van der Waals surface area contributed by atoms with Gasteiger partial charge in [-0.25, -0.2) is 4.68 Å². The Kier molecular flexibility index (Phi) is 3.80. The minimum Gasteiger partial charge on any atom is -0.451 e. The second-order valence-corrected chi connectivity index (χ2v) is 6.81. The van der Waals surface area contributed by atoms with Gasteiger partial charge in [-0.15, -0.1) is 5.10 Å². The van der Waals surface area contributed by atoms with Crippen molar-refractivity contribution in [1.82, 2.24) is 19.9 Å². The molecule has 130 valence electrons. The number of rotatable bonds is 3. The molecule has 3 heterocycles. The van der Waals surface area contributed by atoms with Crippen molar-refractivity contribution in [2.75, 3.05) is 13.1 Å². The predicted octanol–water partition coefficient (Wildman–Crippen LogP) is 2.00. The summed E-state index contributed by atoms with van der Waals surface area (Å²) in [5.74, 6) is 0.121. The molecule has 0 bridgehead atoms. The van der Waals surface area contributed by atoms with Gasteiger partial charge < -0.3 is 14.4 Å². The van der Waals surface area contributed by atoms with Crippen molar-refractivity contribution in [3.8, 4) is 0 Å². The molecule has 1 atom stereocenters. The first-order valence-corrected chi connectivity index (χ1v) is 8.38. The maximum absolute atomic E-state index is 12.8. The smallest absolute Gasteiger partial charge is 0.289 e. The maximum Gasteiger partial charge on any atom is 0.289 e. The molecule has 4 rings (SSSR count). The van der Waals surface area contributed by atoms with Gasteiger partial charge in [0.15, 0.2) is 5.76 Å². The number of carbonyl (C=O) groups excluding carboxylic acids is 1. The van der Waals surface area contributed by atoms with E-state index in [2.05, 4.69) is 10.3 Å². The number of piperidine rings is 1. The molecule has 1 amide bonds. The molecule has 1 unspecified atom stereocenters. The third-order valence-corrected chi connectivity index (χ3v) is 4.65. The number of likely N-dealkylation sites (tertiary alicyclic amines) is 1. The van der Waals surface area contributed by atoms with Crippen LogP contribution in [0, 0.1) is 6.92 Å². The van der Waals surface area contributed by atoms with Crippen LogP contribution in [-0.4, -0.2) is 49.6 Å². The van der Waals surface area contributed by atoms with E-state index in [1.165, 1.54) is 0 Å². The molecule has 7 nitrogen and oxygen atoms in total. The predicted molar refractivity (Wildman–Crippen MR) is 91.1 cm³/mol. The molecule has 3 aromatic rings. The van der Waals surface area contributed by atoms with E-state index in [9.17, 15) is 9.90 Å². The fourth-order valence-corrected chi connectivity index (χ4v) is 3.46. The van der Waals surface area contributed by atoms with Gasteiger partial charge in [-0.3, -0.25) is 4.79 Å². The van der Waals surface area contributed by atoms with E-state index in [1.54, 1.807) is 28.0 Å². The maximum atomic E-state index is 12.8. The summed E-state index contributed by atoms with van der Waals surface area (Å²) in [5.41, 5.74) is 0.806. The summed E-state index contributed by atoms with van der Waals surface area (Å²) in [5, 5.41) is 19.5. The summed E-state index contributed by atoms with van der Waals surface area (Å²) in [6.07, 6.45) is 4.64. The van der Waals surface area contributed by atoms with Gasteiger partial charge in [-0.1, -0.05) is 16.8 Å². The number of β-amino-alcohol motifs (C(OH)–C–C–N with tert-alkyl or cyclic N) is 1. The van der Waals surface area contributed by atoms with E-state index in [-0.39, 0.29) is 12.5 Å². The summed E-state index contributed by atoms with van der Waals surface area (Å²) >= 11 is 0. The number of hydrogen-bond acceptors (Lipinski definition) is 5. The highest BCUT2D eigenvalue weighted by Crippen LogP contribution is 2.26. The van der Waals surface area contributed by atoms with E-state index in [1.807, 2.05) is 25.1 Å². The SMILES string of the molecule is Cc1ccc2oc(C(=O)N3CCCC(O)(Cn4ccnn4)C3)cc2c1. The molecular formula is C18H20N4O3. The van der Waals surface area contributed by atoms with Crippen molar-refractivity contribution in [3.05, 3.63) is 48.0 Å². The number of aromatic nitrogens is 3. The lowest BCUT2D eigenvalue weighted by atomic mass is 9.92. The molecule has 1 fully saturated rings. The van der Waals surface area contributed by atoms with E-state index in [0.717, 1.165) is 17.4 Å². The molecule has 0 aliphatic carbocycles. The highest BCUT2D eigenvalue weighted by atomic mass is 16.3. The molecule has 1 aromatic carbocycles. The van der Waals surface area contributed by atoms with Gasteiger partial charge in [0.25, 0.3) is 5.91 Å². The van der Waals surface area contributed by atoms with Crippen molar-refractivity contribution >= 4 is 16.9 Å². The summed E-state index contributed by atoms with van der Waals surface area (Å²) in [7, 11) is 0. The monoisotopic (exact) mass is 340 g/mol. The molecule has 0 spiro atoms. The van der Waals surface area contributed by atoms with Crippen LogP contribution in [0.2, 0.25) is 0 Å². The fraction of sp³-hybridized carbons (Fsp3) is 0.389. The lowest BCUT2D eigenvalue weighted by Crippen LogP contribution is -2.52. The molecule has 0 saturated carbocycles. The summed E-state index contributed by atoms with van der Waals surface area (Å²) in [6.45, 7) is 3.18. The highest BCUT2D eigenvalue weighted by molar-refractivity contribution is 5.96. The molecule has 25 heavy (non-hydrogen) atoms. The zero-order valence-corrected chi connectivity index (χ0v) is 14.1. The molecule has 1 N–H and O–H groups in total. The van der Waals surface area contributed by atoms with E-state index in [0.29, 0.717) is 30.9 Å². The summed E-state index contributed by atoms with van der Waals surface area (Å²) < 4.78 is 7.31. The fourth-order valence-electron chi connectivity index (χ4n) is 3.46. The van der Waals surface area contributed by atoms with Crippen molar-refractivity contribution < 1.29 is 14.3 Å². The van der Waals surface area contributed by atoms with Crippen LogP contribution < -0.4 is 0 Å². The standard InChI is InChI=1S/C18H20N4O3/c1-13-3-4-15-14(9-13)10-16(25-15)17(23)21-7-2-5-18(24,11-21)12-22-8-6-19-20-22/h3-4,6,8-10,24H,2,5,7,11-12H2,1H3. The molecule has 1 aliphatic heterocycles. The number of nitrogens with zero attached hydrogens (tertiary/aromatic N) is 4. The summed E-state index contributed by atoms with van der Waals surface area (Å²) in [4.78, 5) is 14.5. The van der Waals surface area contributed by atoms with Crippen LogP contribution in [0.15, 0.2) is 41.1 Å². The Hall–Kier alpha value is -2.67. The Labute approximate surface area is 144 Å². The van der Waals surface area contributed by atoms with Crippen molar-refractivity contribution in [2.45, 2.75) is 31.9 Å². The molecule has 1 saturated heterocycles. The van der Waals surface area contributed by atoms with Gasteiger partial charge in [0.1, 0.15) is 11.2 Å². The molecule has 2 aromatic heterocycles. The molecule has 0 radical (unpaired) electrons. The van der Waals surface area contributed by atoms with Crippen LogP contribution in [0.25, 0.3) is 11.0 Å². The normalized spacial score (nSPS) is 21.0. The number of carbonyl (C=O) groups is 1. The Balaban J connectivity index is 1.54. The number of amides is 1. The zero-order chi connectivity index (χ0) is 17.4. The van der Waals surface area contributed by atoms with Crippen LogP contribution in [0.3, 0.4) is 0 Å². The third kappa shape index (κ3) is 3.15. The largest absolute Gasteiger partial charge is 0.451 e. The number of fused-ring (bicyclic) bond motifs is 1. The number of aliphatic hydroxyl groups is 1. The Morgan fingerprint density at radius 2 is 2.28 bits per heavy atom. The second kappa shape index (κ2) is 6.00. The second-order valence-electron chi connectivity index (χ2n) is 6.81. The number of benzene rings is 1. The van der Waals surface area contributed by atoms with Gasteiger partial charge in [-0.05, 0) is 38.0 Å². The van der Waals surface area contributed by atoms with Crippen molar-refractivity contribution in [3.63, 3.8) is 0 Å². The third-order valence-electron chi connectivity index (χ3n) is 4.65. The lowest BCUT2D eigenvalue weighted by Gasteiger charge is -2.38. The molecule has 7 heteroatoms. The van der Waals surface area contributed by atoms with Crippen molar-refractivity contribution in [1.29, 1.82) is 0 Å². The first-order valence-electron chi connectivity index (χ1n) is 8.38. The first kappa shape index (κ1) is 15.8. The number of aryl methyl sites for hydroxylation is 1. The average molecular weight is 340 g/mol. The summed E-state index contributed by atoms with van der Waals surface area (Å²) in [6, 6.07) is 7.60. The minimum atomic E-state index is -1.01. The quantitative estimate of drug-likeness (QED) is 0.788. The minimum absolute atomic E-state index is 0.189. The van der Waals surface area contributed by atoms with Crippen LogP contribution in [0.5, 0.6) is 0 Å². The average Bonchev–Trinajstić information content (AvgIpc) is 3.22. The van der Waals surface area contributed by atoms with Crippen LogP contribution >= 0.6 is 0 Å². The highest BCUT2D eigenvalue weighted by Gasteiger charge is 2.37. The Morgan fingerprint density at radius 1 is 1.40 bits per heavy atom. The van der Waals surface area contributed by atoms with Crippen LogP contribution in [-0.2, 0) is 6.54 Å². The van der Waals surface area contributed by atoms with Gasteiger partial charge >= 0.3 is 0 Å². The first-order chi connectivity index (χ1) is 12.0. The van der Waals surface area contributed by atoms with Gasteiger partial charge in [0.05, 0.1) is 19.3 Å². The van der Waals surface area contributed by atoms with E-state index < -0.39 is 5.60 Å². The lowest BCUT2D eigenvalue weighted by molar-refractivity contribution is -0.0393. The zero-order valence-electron chi connectivity index (χ0n) is 14.1. The number of furan rings is 1. The van der Waals surface area contributed by atoms with Crippen molar-refractivity contribution in [2.24, 2.45) is 0 Å². The molecule has 1 aliphatic rings. The van der Waals surface area contributed by atoms with Crippen LogP contribution in [0.4, 0.5) is 0 Å². The van der Waals surface area contributed by atoms with E-state index >= 15 is 0 Å². The topological polar surface area (TPSA) is 84.4 Å². The van der Waals surface area contributed by atoms with Gasteiger partial charge in [-0.2, -0.15) is 0 Å². The van der Waals surface area contributed by atoms with Crippen LogP contribution in [0.1, 0.15) is 29.0 Å². The Bertz CT molecular complexity index is 902. The van der Waals surface area contributed by atoms with Gasteiger partial charge in [0, 0.05) is 18.1 Å². The Morgan fingerprint density at radius 3 is 3.08 bits per heavy atom.